The quantitative estimate of drug-likeness (QED) is 0.806. The molecule has 0 aromatic rings. The standard InChI is InChI=1S/C10H14N2OS.C2H6/c1-4-8-5-6-9(13)12-10(8)11-7(2)14-3;1-2/h4-7H,1-3H3,(H,11,12,13);1-2H3/b8-4-;. The average Bonchev–Trinajstić information content (AvgIpc) is 2.32. The summed E-state index contributed by atoms with van der Waals surface area (Å²) in [6.45, 7) is 7.92. The van der Waals surface area contributed by atoms with E-state index in [-0.39, 0.29) is 11.3 Å². The van der Waals surface area contributed by atoms with Crippen LogP contribution in [0.25, 0.3) is 0 Å². The van der Waals surface area contributed by atoms with E-state index in [2.05, 4.69) is 10.3 Å². The van der Waals surface area contributed by atoms with Crippen molar-refractivity contribution in [2.24, 2.45) is 4.99 Å². The highest BCUT2D eigenvalue weighted by Crippen LogP contribution is 2.11. The molecule has 3 nitrogen and oxygen atoms in total. The highest BCUT2D eigenvalue weighted by Gasteiger charge is 2.12. The van der Waals surface area contributed by atoms with Crippen molar-refractivity contribution in [1.82, 2.24) is 5.32 Å². The van der Waals surface area contributed by atoms with Crippen molar-refractivity contribution in [3.05, 3.63) is 23.8 Å². The Balaban J connectivity index is 0.00000106. The predicted octanol–water partition coefficient (Wildman–Crippen LogP) is 2.75. The molecule has 1 N–H and O–H groups in total. The van der Waals surface area contributed by atoms with Gasteiger partial charge in [-0.15, -0.1) is 11.8 Å². The summed E-state index contributed by atoms with van der Waals surface area (Å²) < 4.78 is 0. The van der Waals surface area contributed by atoms with Crippen LogP contribution in [0.4, 0.5) is 0 Å². The number of carbonyl (C=O) groups excluding carboxylic acids is 1. The summed E-state index contributed by atoms with van der Waals surface area (Å²) in [6, 6.07) is 0. The van der Waals surface area contributed by atoms with Crippen molar-refractivity contribution in [2.75, 3.05) is 6.26 Å². The van der Waals surface area contributed by atoms with Gasteiger partial charge in [0, 0.05) is 11.6 Å². The predicted molar refractivity (Wildman–Crippen MR) is 72.8 cm³/mol. The van der Waals surface area contributed by atoms with Crippen LogP contribution >= 0.6 is 11.8 Å². The molecular formula is C12H20N2OS. The molecule has 1 atom stereocenters. The minimum atomic E-state index is -0.109. The van der Waals surface area contributed by atoms with Crippen LogP contribution in [0.5, 0.6) is 0 Å². The van der Waals surface area contributed by atoms with Gasteiger partial charge < -0.3 is 5.32 Å². The molecule has 0 aromatic heterocycles. The second-order valence-corrected chi connectivity index (χ2v) is 4.03. The van der Waals surface area contributed by atoms with Crippen molar-refractivity contribution in [3.63, 3.8) is 0 Å². The lowest BCUT2D eigenvalue weighted by atomic mass is 10.1. The molecule has 0 aliphatic carbocycles. The Hall–Kier alpha value is -1.03. The number of hydrogen-bond acceptors (Lipinski definition) is 3. The molecule has 1 unspecified atom stereocenters. The van der Waals surface area contributed by atoms with Crippen molar-refractivity contribution in [1.29, 1.82) is 0 Å². The normalized spacial score (nSPS) is 21.4. The van der Waals surface area contributed by atoms with E-state index in [1.165, 1.54) is 6.08 Å². The first-order chi connectivity index (χ1) is 7.67. The summed E-state index contributed by atoms with van der Waals surface area (Å²) in [5, 5.41) is 2.88. The van der Waals surface area contributed by atoms with Gasteiger partial charge in [-0.25, -0.2) is 0 Å². The van der Waals surface area contributed by atoms with Gasteiger partial charge >= 0.3 is 0 Å². The van der Waals surface area contributed by atoms with E-state index in [0.29, 0.717) is 5.84 Å². The van der Waals surface area contributed by atoms with Crippen molar-refractivity contribution < 1.29 is 4.79 Å². The third-order valence-electron chi connectivity index (χ3n) is 1.89. The fourth-order valence-electron chi connectivity index (χ4n) is 1.05. The number of aliphatic imine (C=N–C) groups is 1. The summed E-state index contributed by atoms with van der Waals surface area (Å²) in [5.74, 6) is 0.560. The van der Waals surface area contributed by atoms with Crippen LogP contribution in [0.2, 0.25) is 0 Å². The Morgan fingerprint density at radius 1 is 1.44 bits per heavy atom. The number of amides is 1. The number of rotatable bonds is 2. The van der Waals surface area contributed by atoms with Crippen LogP contribution in [-0.2, 0) is 4.79 Å². The van der Waals surface area contributed by atoms with Crippen LogP contribution in [-0.4, -0.2) is 23.4 Å². The molecule has 1 amide bonds. The number of carbonyl (C=O) groups is 1. The first kappa shape index (κ1) is 15.0. The molecule has 0 saturated carbocycles. The van der Waals surface area contributed by atoms with Gasteiger partial charge in [0.05, 0.1) is 5.37 Å². The number of allylic oxidation sites excluding steroid dienone is 1. The second kappa shape index (κ2) is 8.16. The monoisotopic (exact) mass is 240 g/mol. The smallest absolute Gasteiger partial charge is 0.249 e. The van der Waals surface area contributed by atoms with Gasteiger partial charge in [0.2, 0.25) is 5.91 Å². The second-order valence-electron chi connectivity index (χ2n) is 2.88. The molecule has 1 aliphatic rings. The lowest BCUT2D eigenvalue weighted by molar-refractivity contribution is -0.115. The molecule has 1 heterocycles. The molecule has 0 fully saturated rings. The number of thioether (sulfide) groups is 1. The Morgan fingerprint density at radius 2 is 2.06 bits per heavy atom. The van der Waals surface area contributed by atoms with Crippen LogP contribution in [0.15, 0.2) is 28.8 Å². The molecule has 0 saturated heterocycles. The number of hydrogen-bond donors (Lipinski definition) is 1. The fourth-order valence-corrected chi connectivity index (χ4v) is 1.26. The van der Waals surface area contributed by atoms with E-state index in [0.717, 1.165) is 5.57 Å². The zero-order valence-corrected chi connectivity index (χ0v) is 11.4. The lowest BCUT2D eigenvalue weighted by Crippen LogP contribution is -2.33. The summed E-state index contributed by atoms with van der Waals surface area (Å²) in [6.07, 6.45) is 7.22. The minimum Gasteiger partial charge on any atom is -0.307 e. The lowest BCUT2D eigenvalue weighted by Gasteiger charge is -2.14. The largest absolute Gasteiger partial charge is 0.307 e. The maximum atomic E-state index is 11.1. The molecule has 0 bridgehead atoms. The molecule has 16 heavy (non-hydrogen) atoms. The zero-order chi connectivity index (χ0) is 12.6. The van der Waals surface area contributed by atoms with Gasteiger partial charge in [0.1, 0.15) is 5.84 Å². The van der Waals surface area contributed by atoms with E-state index in [4.69, 9.17) is 0 Å². The van der Waals surface area contributed by atoms with Crippen LogP contribution in [0.3, 0.4) is 0 Å². The highest BCUT2D eigenvalue weighted by atomic mass is 32.2. The Bertz CT molecular complexity index is 319. The summed E-state index contributed by atoms with van der Waals surface area (Å²) in [7, 11) is 0. The number of nitrogens with one attached hydrogen (secondary N) is 1. The van der Waals surface area contributed by atoms with E-state index in [1.54, 1.807) is 17.8 Å². The van der Waals surface area contributed by atoms with Crippen LogP contribution < -0.4 is 5.32 Å². The van der Waals surface area contributed by atoms with Crippen LogP contribution in [0, 0.1) is 0 Å². The first-order valence-corrected chi connectivity index (χ1v) is 6.72. The molecule has 4 heteroatoms. The molecule has 0 radical (unpaired) electrons. The third kappa shape index (κ3) is 4.66. The van der Waals surface area contributed by atoms with E-state index >= 15 is 0 Å². The van der Waals surface area contributed by atoms with Gasteiger partial charge in [-0.3, -0.25) is 9.79 Å². The maximum Gasteiger partial charge on any atom is 0.249 e. The third-order valence-corrected chi connectivity index (χ3v) is 2.68. The van der Waals surface area contributed by atoms with Crippen molar-refractivity contribution in [3.8, 4) is 0 Å². The van der Waals surface area contributed by atoms with Crippen molar-refractivity contribution >= 4 is 23.5 Å². The number of nitrogens with zero attached hydrogens (tertiary/aromatic N) is 1. The maximum absolute atomic E-state index is 11.1. The highest BCUT2D eigenvalue weighted by molar-refractivity contribution is 7.99. The Kier molecular flexibility index (Phi) is 7.64. The first-order valence-electron chi connectivity index (χ1n) is 5.43. The van der Waals surface area contributed by atoms with Crippen molar-refractivity contribution in [2.45, 2.75) is 33.1 Å². The molecule has 1 rings (SSSR count). The number of amidine groups is 1. The van der Waals surface area contributed by atoms with Gasteiger partial charge in [0.25, 0.3) is 0 Å². The average molecular weight is 240 g/mol. The van der Waals surface area contributed by atoms with E-state index < -0.39 is 0 Å². The summed E-state index contributed by atoms with van der Waals surface area (Å²) in [5.41, 5.74) is 0.963. The summed E-state index contributed by atoms with van der Waals surface area (Å²) >= 11 is 1.64. The Morgan fingerprint density at radius 3 is 2.56 bits per heavy atom. The fraction of sp³-hybridized carbons (Fsp3) is 0.500. The van der Waals surface area contributed by atoms with E-state index in [9.17, 15) is 4.79 Å². The molecule has 0 spiro atoms. The topological polar surface area (TPSA) is 41.5 Å². The van der Waals surface area contributed by atoms with E-state index in [1.807, 2.05) is 40.0 Å². The van der Waals surface area contributed by atoms with Gasteiger partial charge in [-0.05, 0) is 26.2 Å². The zero-order valence-electron chi connectivity index (χ0n) is 10.6. The summed E-state index contributed by atoms with van der Waals surface area (Å²) in [4.78, 5) is 15.5. The van der Waals surface area contributed by atoms with Gasteiger partial charge in [0.15, 0.2) is 0 Å². The SMILES string of the molecule is C/C=C1/C=CC(=O)N/C1=N/C(C)SC.CC. The molecule has 90 valence electrons. The van der Waals surface area contributed by atoms with Gasteiger partial charge in [-0.1, -0.05) is 19.9 Å². The molecule has 0 aromatic carbocycles. The van der Waals surface area contributed by atoms with Gasteiger partial charge in [-0.2, -0.15) is 0 Å². The molecular weight excluding hydrogens is 220 g/mol. The molecule has 1 aliphatic heterocycles. The van der Waals surface area contributed by atoms with Crippen LogP contribution in [0.1, 0.15) is 27.7 Å². The minimum absolute atomic E-state index is 0.109. The Labute approximate surface area is 102 Å².